The molecular formula is C19H23N3O2S. The minimum atomic E-state index is 0.376. The average molecular weight is 357 g/mol. The molecule has 0 aliphatic heterocycles. The van der Waals surface area contributed by atoms with Gasteiger partial charge in [0.2, 0.25) is 0 Å². The quantitative estimate of drug-likeness (QED) is 0.605. The molecule has 2 aromatic heterocycles. The minimum Gasteiger partial charge on any atom is -0.486 e. The van der Waals surface area contributed by atoms with E-state index >= 15 is 0 Å². The highest BCUT2D eigenvalue weighted by atomic mass is 32.1. The molecular weight excluding hydrogens is 334 g/mol. The van der Waals surface area contributed by atoms with Gasteiger partial charge < -0.3 is 9.15 Å². The van der Waals surface area contributed by atoms with Crippen molar-refractivity contribution in [3.8, 4) is 17.3 Å². The van der Waals surface area contributed by atoms with Crippen molar-refractivity contribution in [1.29, 1.82) is 0 Å². The van der Waals surface area contributed by atoms with Crippen LogP contribution in [0.15, 0.2) is 40.8 Å². The summed E-state index contributed by atoms with van der Waals surface area (Å²) in [7, 11) is 0. The van der Waals surface area contributed by atoms with E-state index in [1.165, 1.54) is 5.56 Å². The summed E-state index contributed by atoms with van der Waals surface area (Å²) in [5.74, 6) is 3.45. The lowest BCUT2D eigenvalue weighted by atomic mass is 10.2. The molecule has 0 spiro atoms. The zero-order valence-corrected chi connectivity index (χ0v) is 15.6. The van der Waals surface area contributed by atoms with Crippen LogP contribution >= 0.6 is 12.2 Å². The van der Waals surface area contributed by atoms with Crippen molar-refractivity contribution in [2.75, 3.05) is 0 Å². The number of hydrogen-bond donors (Lipinski definition) is 1. The first-order valence-electron chi connectivity index (χ1n) is 8.53. The van der Waals surface area contributed by atoms with Gasteiger partial charge in [-0.1, -0.05) is 32.9 Å². The van der Waals surface area contributed by atoms with Crippen molar-refractivity contribution in [1.82, 2.24) is 14.8 Å². The summed E-state index contributed by atoms with van der Waals surface area (Å²) in [5.41, 5.74) is 1.29. The van der Waals surface area contributed by atoms with Crippen LogP contribution in [0.25, 0.3) is 11.6 Å². The smallest absolute Gasteiger partial charge is 0.198 e. The number of nitrogens with one attached hydrogen (secondary N) is 1. The number of aromatic nitrogens is 3. The first-order valence-corrected chi connectivity index (χ1v) is 8.93. The Hall–Kier alpha value is -2.34. The highest BCUT2D eigenvalue weighted by molar-refractivity contribution is 7.71. The van der Waals surface area contributed by atoms with Crippen LogP contribution in [0, 0.1) is 10.7 Å². The largest absolute Gasteiger partial charge is 0.486 e. The van der Waals surface area contributed by atoms with Crippen LogP contribution in [0.2, 0.25) is 0 Å². The fourth-order valence-electron chi connectivity index (χ4n) is 2.59. The highest BCUT2D eigenvalue weighted by Crippen LogP contribution is 2.23. The number of aromatic amines is 1. The number of hydrogen-bond acceptors (Lipinski definition) is 4. The predicted octanol–water partition coefficient (Wildman–Crippen LogP) is 5.00. The molecule has 1 N–H and O–H groups in total. The van der Waals surface area contributed by atoms with Crippen LogP contribution < -0.4 is 4.74 Å². The Morgan fingerprint density at radius 1 is 1.20 bits per heavy atom. The number of H-pyrrole nitrogens is 1. The molecule has 1 aromatic carbocycles. The van der Waals surface area contributed by atoms with E-state index in [9.17, 15) is 0 Å². The van der Waals surface area contributed by atoms with E-state index in [-0.39, 0.29) is 0 Å². The van der Waals surface area contributed by atoms with Gasteiger partial charge in [0.05, 0.1) is 0 Å². The van der Waals surface area contributed by atoms with Crippen LogP contribution in [0.4, 0.5) is 0 Å². The molecule has 3 aromatic rings. The molecule has 0 aliphatic carbocycles. The number of ether oxygens (including phenoxy) is 1. The number of nitrogens with zero attached hydrogens (tertiary/aromatic N) is 2. The summed E-state index contributed by atoms with van der Waals surface area (Å²) < 4.78 is 14.3. The maximum Gasteiger partial charge on any atom is 0.198 e. The van der Waals surface area contributed by atoms with Gasteiger partial charge in [-0.05, 0) is 54.4 Å². The van der Waals surface area contributed by atoms with Gasteiger partial charge in [0.25, 0.3) is 0 Å². The van der Waals surface area contributed by atoms with Gasteiger partial charge in [0.1, 0.15) is 18.1 Å². The maximum absolute atomic E-state index is 5.90. The van der Waals surface area contributed by atoms with E-state index < -0.39 is 0 Å². The summed E-state index contributed by atoms with van der Waals surface area (Å²) in [6.45, 7) is 7.59. The van der Waals surface area contributed by atoms with Gasteiger partial charge in [0, 0.05) is 6.54 Å². The SMILES string of the molecule is CCc1ccc(OCc2ccc(-c3n[nH]c(=S)n3CC(C)C)o2)cc1. The average Bonchev–Trinajstić information content (AvgIpc) is 3.20. The van der Waals surface area contributed by atoms with Gasteiger partial charge in [-0.3, -0.25) is 9.67 Å². The standard InChI is InChI=1S/C19H23N3O2S/c1-4-14-5-7-15(8-6-14)23-12-16-9-10-17(24-16)18-20-21-19(25)22(18)11-13(2)3/h5-10,13H,4,11-12H2,1-3H3,(H,21,25). The van der Waals surface area contributed by atoms with Gasteiger partial charge in [0.15, 0.2) is 16.4 Å². The fourth-order valence-corrected chi connectivity index (χ4v) is 2.80. The van der Waals surface area contributed by atoms with Crippen LogP contribution in [0.5, 0.6) is 5.75 Å². The number of furan rings is 1. The van der Waals surface area contributed by atoms with Crippen LogP contribution in [0.1, 0.15) is 32.1 Å². The third kappa shape index (κ3) is 4.20. The number of benzene rings is 1. The first-order chi connectivity index (χ1) is 12.1. The van der Waals surface area contributed by atoms with Crippen LogP contribution in [0.3, 0.4) is 0 Å². The van der Waals surface area contributed by atoms with Crippen molar-refractivity contribution in [3.63, 3.8) is 0 Å². The zero-order valence-electron chi connectivity index (χ0n) is 14.8. The lowest BCUT2D eigenvalue weighted by Crippen LogP contribution is -2.06. The van der Waals surface area contributed by atoms with E-state index in [0.29, 0.717) is 23.1 Å². The molecule has 0 bridgehead atoms. The Bertz CT molecular complexity index is 875. The molecule has 6 heteroatoms. The summed E-state index contributed by atoms with van der Waals surface area (Å²) in [4.78, 5) is 0. The molecule has 0 amide bonds. The Morgan fingerprint density at radius 2 is 1.96 bits per heavy atom. The van der Waals surface area contributed by atoms with Crippen molar-refractivity contribution in [2.24, 2.45) is 5.92 Å². The molecule has 25 heavy (non-hydrogen) atoms. The minimum absolute atomic E-state index is 0.376. The van der Waals surface area contributed by atoms with Gasteiger partial charge >= 0.3 is 0 Å². The summed E-state index contributed by atoms with van der Waals surface area (Å²) >= 11 is 5.31. The molecule has 0 atom stereocenters. The Kier molecular flexibility index (Phi) is 5.38. The fraction of sp³-hybridized carbons (Fsp3) is 0.368. The molecule has 3 rings (SSSR count). The second kappa shape index (κ2) is 7.70. The normalized spacial score (nSPS) is 11.2. The molecule has 5 nitrogen and oxygen atoms in total. The monoisotopic (exact) mass is 357 g/mol. The molecule has 0 aliphatic rings. The van der Waals surface area contributed by atoms with Crippen molar-refractivity contribution < 1.29 is 9.15 Å². The summed E-state index contributed by atoms with van der Waals surface area (Å²) in [5, 5.41) is 7.14. The molecule has 132 valence electrons. The van der Waals surface area contributed by atoms with Crippen molar-refractivity contribution in [3.05, 3.63) is 52.5 Å². The van der Waals surface area contributed by atoms with Crippen molar-refractivity contribution in [2.45, 2.75) is 40.3 Å². The summed E-state index contributed by atoms with van der Waals surface area (Å²) in [6, 6.07) is 11.9. The maximum atomic E-state index is 5.90. The summed E-state index contributed by atoms with van der Waals surface area (Å²) in [6.07, 6.45) is 1.02. The Labute approximate surface area is 152 Å². The Morgan fingerprint density at radius 3 is 2.64 bits per heavy atom. The van der Waals surface area contributed by atoms with Crippen molar-refractivity contribution >= 4 is 12.2 Å². The second-order valence-electron chi connectivity index (χ2n) is 6.41. The van der Waals surface area contributed by atoms with E-state index in [2.05, 4.69) is 43.1 Å². The topological polar surface area (TPSA) is 56.0 Å². The lowest BCUT2D eigenvalue weighted by molar-refractivity contribution is 0.271. The molecule has 0 saturated carbocycles. The molecule has 0 saturated heterocycles. The van der Waals surface area contributed by atoms with E-state index in [0.717, 1.165) is 30.3 Å². The third-order valence-electron chi connectivity index (χ3n) is 3.90. The number of aryl methyl sites for hydroxylation is 1. The van der Waals surface area contributed by atoms with E-state index in [1.54, 1.807) is 0 Å². The van der Waals surface area contributed by atoms with Crippen LogP contribution in [-0.2, 0) is 19.6 Å². The Balaban J connectivity index is 1.71. The van der Waals surface area contributed by atoms with Gasteiger partial charge in [-0.25, -0.2) is 0 Å². The lowest BCUT2D eigenvalue weighted by Gasteiger charge is -2.08. The van der Waals surface area contributed by atoms with E-state index in [4.69, 9.17) is 21.4 Å². The first kappa shape index (κ1) is 17.5. The van der Waals surface area contributed by atoms with Crippen LogP contribution in [-0.4, -0.2) is 14.8 Å². The third-order valence-corrected chi connectivity index (χ3v) is 4.21. The molecule has 2 heterocycles. The molecule has 0 radical (unpaired) electrons. The van der Waals surface area contributed by atoms with E-state index in [1.807, 2.05) is 28.8 Å². The van der Waals surface area contributed by atoms with Gasteiger partial charge in [-0.15, -0.1) is 0 Å². The zero-order chi connectivity index (χ0) is 17.8. The van der Waals surface area contributed by atoms with Gasteiger partial charge in [-0.2, -0.15) is 5.10 Å². The predicted molar refractivity (Wildman–Crippen MR) is 100 cm³/mol. The second-order valence-corrected chi connectivity index (χ2v) is 6.80. The highest BCUT2D eigenvalue weighted by Gasteiger charge is 2.14. The number of rotatable bonds is 7. The molecule has 0 fully saturated rings. The molecule has 0 unspecified atom stereocenters.